The summed E-state index contributed by atoms with van der Waals surface area (Å²) >= 11 is 0. The van der Waals surface area contributed by atoms with Gasteiger partial charge in [0.15, 0.2) is 0 Å². The van der Waals surface area contributed by atoms with Crippen molar-refractivity contribution in [3.63, 3.8) is 0 Å². The lowest BCUT2D eigenvalue weighted by molar-refractivity contribution is 0.393. The highest BCUT2D eigenvalue weighted by Gasteiger charge is 2.27. The van der Waals surface area contributed by atoms with Crippen LogP contribution in [0, 0.1) is 11.3 Å². The van der Waals surface area contributed by atoms with Gasteiger partial charge < -0.3 is 5.43 Å². The molecule has 0 saturated heterocycles. The molecule has 0 fully saturated rings. The van der Waals surface area contributed by atoms with Gasteiger partial charge in [-0.3, -0.25) is 5.84 Å². The van der Waals surface area contributed by atoms with E-state index in [-0.39, 0.29) is 11.3 Å². The van der Waals surface area contributed by atoms with Crippen LogP contribution in [-0.4, -0.2) is 25.8 Å². The Morgan fingerprint density at radius 3 is 2.67 bits per heavy atom. The van der Waals surface area contributed by atoms with Gasteiger partial charge in [0.2, 0.25) is 10.0 Å². The average molecular weight is 268 g/mol. The van der Waals surface area contributed by atoms with Crippen LogP contribution >= 0.6 is 0 Å². The molecule has 0 aliphatic carbocycles. The monoisotopic (exact) mass is 268 g/mol. The Hall–Kier alpha value is -1.62. The highest BCUT2D eigenvalue weighted by atomic mass is 32.2. The van der Waals surface area contributed by atoms with E-state index in [1.807, 2.05) is 6.07 Å². The zero-order valence-corrected chi connectivity index (χ0v) is 11.1. The third kappa shape index (κ3) is 2.79. The van der Waals surface area contributed by atoms with E-state index in [1.165, 1.54) is 17.4 Å². The van der Waals surface area contributed by atoms with Crippen LogP contribution in [0.5, 0.6) is 0 Å². The van der Waals surface area contributed by atoms with E-state index in [0.29, 0.717) is 5.69 Å². The number of nitrogen functional groups attached to an aromatic ring is 1. The lowest BCUT2D eigenvalue weighted by Crippen LogP contribution is -2.35. The molecule has 0 spiro atoms. The van der Waals surface area contributed by atoms with E-state index in [4.69, 9.17) is 11.1 Å². The summed E-state index contributed by atoms with van der Waals surface area (Å²) < 4.78 is 25.9. The zero-order chi connectivity index (χ0) is 13.8. The van der Waals surface area contributed by atoms with Gasteiger partial charge in [-0.25, -0.2) is 8.42 Å². The fraction of sp³-hybridized carbons (Fsp3) is 0.364. The van der Waals surface area contributed by atoms with Crippen LogP contribution in [0.25, 0.3) is 0 Å². The molecule has 98 valence electrons. The molecule has 1 unspecified atom stereocenters. The average Bonchev–Trinajstić information content (AvgIpc) is 2.38. The summed E-state index contributed by atoms with van der Waals surface area (Å²) in [4.78, 5) is 0.0970. The number of anilines is 1. The third-order valence-electron chi connectivity index (χ3n) is 2.71. The Morgan fingerprint density at radius 2 is 2.11 bits per heavy atom. The summed E-state index contributed by atoms with van der Waals surface area (Å²) in [6.07, 6.45) is 0.133. The molecule has 0 amide bonds. The van der Waals surface area contributed by atoms with Gasteiger partial charge in [-0.15, -0.1) is 0 Å². The van der Waals surface area contributed by atoms with Gasteiger partial charge in [0, 0.05) is 13.1 Å². The molecule has 18 heavy (non-hydrogen) atoms. The minimum atomic E-state index is -3.66. The van der Waals surface area contributed by atoms with Crippen LogP contribution in [0.2, 0.25) is 0 Å². The minimum Gasteiger partial charge on any atom is -0.323 e. The second kappa shape index (κ2) is 5.82. The maximum atomic E-state index is 12.3. The summed E-state index contributed by atoms with van der Waals surface area (Å²) in [5, 5.41) is 8.62. The molecule has 0 heterocycles. The topological polar surface area (TPSA) is 99.2 Å². The number of sulfonamides is 1. The smallest absolute Gasteiger partial charge is 0.245 e. The first-order valence-corrected chi connectivity index (χ1v) is 6.79. The molecule has 6 nitrogen and oxygen atoms in total. The maximum absolute atomic E-state index is 12.3. The molecular formula is C11H16N4O2S. The standard InChI is InChI=1S/C11H16N4O2S/c1-9(7-8-12)15(2)18(16,17)11-6-4-3-5-10(11)14-13/h3-6,9,14H,7,13H2,1-2H3. The lowest BCUT2D eigenvalue weighted by atomic mass is 10.3. The first-order chi connectivity index (χ1) is 8.45. The fourth-order valence-electron chi connectivity index (χ4n) is 1.46. The van der Waals surface area contributed by atoms with Crippen molar-refractivity contribution in [2.75, 3.05) is 12.5 Å². The Kier molecular flexibility index (Phi) is 4.67. The van der Waals surface area contributed by atoms with Crippen LogP contribution in [0.4, 0.5) is 5.69 Å². The van der Waals surface area contributed by atoms with E-state index in [9.17, 15) is 8.42 Å². The van der Waals surface area contributed by atoms with Crippen LogP contribution in [0.15, 0.2) is 29.2 Å². The second-order valence-corrected chi connectivity index (χ2v) is 5.84. The molecule has 0 saturated carbocycles. The number of hydrazine groups is 1. The molecule has 7 heteroatoms. The Morgan fingerprint density at radius 1 is 1.50 bits per heavy atom. The van der Waals surface area contributed by atoms with Gasteiger partial charge in [0.25, 0.3) is 0 Å². The Balaban J connectivity index is 3.18. The molecule has 1 atom stereocenters. The van der Waals surface area contributed by atoms with Crippen molar-refractivity contribution in [3.05, 3.63) is 24.3 Å². The van der Waals surface area contributed by atoms with E-state index < -0.39 is 16.1 Å². The Bertz CT molecular complexity index is 550. The molecule has 0 aliphatic heterocycles. The molecule has 1 rings (SSSR count). The third-order valence-corrected chi connectivity index (χ3v) is 4.74. The SMILES string of the molecule is CC(CC#N)N(C)S(=O)(=O)c1ccccc1NN. The van der Waals surface area contributed by atoms with Gasteiger partial charge in [-0.2, -0.15) is 9.57 Å². The minimum absolute atomic E-state index is 0.0970. The van der Waals surface area contributed by atoms with E-state index in [1.54, 1.807) is 25.1 Å². The molecule has 0 bridgehead atoms. The van der Waals surface area contributed by atoms with Gasteiger partial charge >= 0.3 is 0 Å². The number of hydrogen-bond donors (Lipinski definition) is 2. The van der Waals surface area contributed by atoms with Crippen LogP contribution in [-0.2, 0) is 10.0 Å². The van der Waals surface area contributed by atoms with Crippen molar-refractivity contribution < 1.29 is 8.42 Å². The van der Waals surface area contributed by atoms with Crippen LogP contribution < -0.4 is 11.3 Å². The van der Waals surface area contributed by atoms with E-state index in [2.05, 4.69) is 5.43 Å². The number of benzene rings is 1. The highest BCUT2D eigenvalue weighted by molar-refractivity contribution is 7.89. The lowest BCUT2D eigenvalue weighted by Gasteiger charge is -2.23. The van der Waals surface area contributed by atoms with Crippen molar-refractivity contribution in [2.45, 2.75) is 24.3 Å². The fourth-order valence-corrected chi connectivity index (χ4v) is 2.98. The number of nitrogens with one attached hydrogen (secondary N) is 1. The van der Waals surface area contributed by atoms with Crippen molar-refractivity contribution >= 4 is 15.7 Å². The Labute approximate surface area is 107 Å². The molecule has 3 N–H and O–H groups in total. The van der Waals surface area contributed by atoms with E-state index >= 15 is 0 Å². The summed E-state index contributed by atoms with van der Waals surface area (Å²) in [5.74, 6) is 5.30. The van der Waals surface area contributed by atoms with Crippen LogP contribution in [0.1, 0.15) is 13.3 Å². The van der Waals surface area contributed by atoms with E-state index in [0.717, 1.165) is 0 Å². The highest BCUT2D eigenvalue weighted by Crippen LogP contribution is 2.24. The predicted molar refractivity (Wildman–Crippen MR) is 68.9 cm³/mol. The molecule has 1 aromatic rings. The van der Waals surface area contributed by atoms with Crippen molar-refractivity contribution in [1.29, 1.82) is 5.26 Å². The number of rotatable bonds is 5. The van der Waals surface area contributed by atoms with Gasteiger partial charge in [-0.1, -0.05) is 12.1 Å². The molecule has 0 aromatic heterocycles. The number of hydrogen-bond acceptors (Lipinski definition) is 5. The molecule has 1 aromatic carbocycles. The van der Waals surface area contributed by atoms with Gasteiger partial charge in [0.1, 0.15) is 4.90 Å². The number of nitrogens with zero attached hydrogens (tertiary/aromatic N) is 2. The van der Waals surface area contributed by atoms with Gasteiger partial charge in [-0.05, 0) is 19.1 Å². The first-order valence-electron chi connectivity index (χ1n) is 5.35. The summed E-state index contributed by atoms with van der Waals surface area (Å²) in [6, 6.07) is 7.92. The normalized spacial score (nSPS) is 13.1. The molecular weight excluding hydrogens is 252 g/mol. The largest absolute Gasteiger partial charge is 0.323 e. The predicted octanol–water partition coefficient (Wildman–Crippen LogP) is 0.895. The van der Waals surface area contributed by atoms with Crippen molar-refractivity contribution in [3.8, 4) is 6.07 Å². The zero-order valence-electron chi connectivity index (χ0n) is 10.3. The summed E-state index contributed by atoms with van der Waals surface area (Å²) in [5.41, 5.74) is 2.68. The van der Waals surface area contributed by atoms with Crippen molar-refractivity contribution in [1.82, 2.24) is 4.31 Å². The van der Waals surface area contributed by atoms with Crippen molar-refractivity contribution in [2.24, 2.45) is 5.84 Å². The molecule has 0 radical (unpaired) electrons. The second-order valence-electron chi connectivity index (χ2n) is 3.87. The number of nitrogens with two attached hydrogens (primary N) is 1. The number of para-hydroxylation sites is 1. The summed E-state index contributed by atoms with van der Waals surface area (Å²) in [7, 11) is -2.21. The first kappa shape index (κ1) is 14.4. The number of nitriles is 1. The molecule has 0 aliphatic rings. The quantitative estimate of drug-likeness (QED) is 0.610. The maximum Gasteiger partial charge on any atom is 0.245 e. The summed E-state index contributed by atoms with van der Waals surface area (Å²) in [6.45, 7) is 1.68. The van der Waals surface area contributed by atoms with Crippen LogP contribution in [0.3, 0.4) is 0 Å². The van der Waals surface area contributed by atoms with Gasteiger partial charge in [0.05, 0.1) is 18.2 Å².